The zero-order chi connectivity index (χ0) is 34.7. The van der Waals surface area contributed by atoms with Crippen molar-refractivity contribution in [3.8, 4) is 5.75 Å². The first-order valence-electron chi connectivity index (χ1n) is 16.2. The summed E-state index contributed by atoms with van der Waals surface area (Å²) in [5, 5.41) is 45.8. The van der Waals surface area contributed by atoms with Crippen LogP contribution in [0.4, 0.5) is 13.2 Å². The fourth-order valence-corrected chi connectivity index (χ4v) is 9.90. The van der Waals surface area contributed by atoms with Crippen LogP contribution in [0.25, 0.3) is 0 Å². The van der Waals surface area contributed by atoms with Crippen molar-refractivity contribution in [2.75, 3.05) is 27.2 Å². The number of fused-ring (bicyclic) bond motifs is 4. The molecule has 7 atom stereocenters. The van der Waals surface area contributed by atoms with E-state index in [4.69, 9.17) is 5.73 Å². The Morgan fingerprint density at radius 2 is 1.79 bits per heavy atom. The van der Waals surface area contributed by atoms with Crippen LogP contribution in [-0.4, -0.2) is 93.7 Å². The number of aliphatic hydroxyl groups is 3. The number of halogens is 3. The number of alkyl halides is 3. The number of primary amides is 1. The third-order valence-electron chi connectivity index (χ3n) is 12.3. The van der Waals surface area contributed by atoms with Crippen LogP contribution in [0.5, 0.6) is 5.75 Å². The van der Waals surface area contributed by atoms with Crippen LogP contribution in [-0.2, 0) is 23.9 Å². The number of phenolic OH excluding ortho intramolecular Hbond substituents is 1. The summed E-state index contributed by atoms with van der Waals surface area (Å²) in [6, 6.07) is -0.0770. The molecule has 0 radical (unpaired) electrons. The van der Waals surface area contributed by atoms with Gasteiger partial charge in [0.25, 0.3) is 0 Å². The molecule has 0 aliphatic heterocycles. The number of nitrogens with two attached hydrogens (primary N) is 1. The Morgan fingerprint density at radius 1 is 1.13 bits per heavy atom. The van der Waals surface area contributed by atoms with Crippen LogP contribution in [0.1, 0.15) is 67.1 Å². The van der Waals surface area contributed by atoms with Gasteiger partial charge in [0.2, 0.25) is 0 Å². The summed E-state index contributed by atoms with van der Waals surface area (Å²) in [6.45, 7) is 7.49. The topological polar surface area (TPSA) is 148 Å². The second kappa shape index (κ2) is 10.9. The third kappa shape index (κ3) is 4.74. The van der Waals surface area contributed by atoms with Crippen LogP contribution in [0.15, 0.2) is 28.7 Å². The second-order valence-electron chi connectivity index (χ2n) is 15.1. The summed E-state index contributed by atoms with van der Waals surface area (Å²) in [6.07, 6.45) is -3.15. The van der Waals surface area contributed by atoms with E-state index in [1.165, 1.54) is 4.90 Å². The number of nitrogens with zero attached hydrogens (tertiary/aromatic N) is 2. The Bertz CT molecular complexity index is 1650. The Kier molecular flexibility index (Phi) is 7.85. The van der Waals surface area contributed by atoms with Crippen molar-refractivity contribution in [1.29, 1.82) is 0 Å². The summed E-state index contributed by atoms with van der Waals surface area (Å²) >= 11 is 0. The Hall–Kier alpha value is -3.16. The van der Waals surface area contributed by atoms with Gasteiger partial charge in [-0.2, -0.15) is 0 Å². The molecule has 2 unspecified atom stereocenters. The predicted octanol–water partition coefficient (Wildman–Crippen LogP) is 3.15. The van der Waals surface area contributed by atoms with E-state index < -0.39 is 80.8 Å². The number of rotatable bonds is 7. The number of allylic oxidation sites excluding steroid dienone is 1. The monoisotopic (exact) mass is 657 g/mol. The van der Waals surface area contributed by atoms with Crippen LogP contribution in [0.2, 0.25) is 0 Å². The molecule has 6 N–H and O–H groups in total. The second-order valence-corrected chi connectivity index (χ2v) is 15.1. The average Bonchev–Trinajstić information content (AvgIpc) is 3.49. The van der Waals surface area contributed by atoms with Gasteiger partial charge in [-0.15, -0.1) is 0 Å². The van der Waals surface area contributed by atoms with Gasteiger partial charge in [-0.3, -0.25) is 0 Å². The van der Waals surface area contributed by atoms with Gasteiger partial charge in [0.05, 0.1) is 0 Å². The van der Waals surface area contributed by atoms with Crippen molar-refractivity contribution in [1.82, 2.24) is 9.80 Å². The number of likely N-dealkylation sites (N-methyl/N-ethyl adjacent to an activating group) is 1. The molecule has 47 heavy (non-hydrogen) atoms. The number of benzene rings is 1. The van der Waals surface area contributed by atoms with E-state index in [1.807, 2.05) is 11.8 Å². The maximum absolute atomic E-state index is 15.0. The van der Waals surface area contributed by atoms with Gasteiger partial charge in [-0.1, -0.05) is 20.8 Å². The molecule has 3 saturated carbocycles. The minimum atomic E-state index is -4.86. The van der Waals surface area contributed by atoms with Gasteiger partial charge < -0.3 is 0 Å². The number of ketones is 1. The molecule has 0 aromatic heterocycles. The predicted molar refractivity (Wildman–Crippen MR) is 170 cm³/mol. The number of hydrogen-bond donors (Lipinski definition) is 5. The van der Waals surface area contributed by atoms with Gasteiger partial charge in [0, 0.05) is 0 Å². The number of carbonyl (C=O) groups excluding carboxylic acids is 2. The first-order chi connectivity index (χ1) is 21.8. The number of aromatic hydroxyl groups is 1. The summed E-state index contributed by atoms with van der Waals surface area (Å²) in [4.78, 5) is 29.8. The standard InChI is InChI=1S/C34H43BF3N3O6/c1-6-41(12-15-7-17-11-19(15)32(17,2)3)13-16-10-21(42)23-18(25(16)34(36,37)38)8-14-9-20-26(40(4)5)28(44)24(31(39)46)29(35)33(20,47)30(45)22(14)27(23)43/h10,14-15,17,19-20,26,35,42,44-45,47H,6-9,11-13H2,1-5H3,(H2,39,46)/t14-,15+,17?,19?,20-,26-,33+/m0/s1. The molecule has 0 saturated heterocycles. The number of hydrogen-bond acceptors (Lipinski definition) is 8. The van der Waals surface area contributed by atoms with E-state index in [1.54, 1.807) is 14.1 Å². The summed E-state index contributed by atoms with van der Waals surface area (Å²) in [5.74, 6) is -4.70. The van der Waals surface area contributed by atoms with Crippen molar-refractivity contribution in [2.45, 2.75) is 70.8 Å². The van der Waals surface area contributed by atoms with Crippen LogP contribution >= 0.6 is 0 Å². The number of phenols is 1. The molecule has 254 valence electrons. The van der Waals surface area contributed by atoms with E-state index >= 15 is 13.2 Å². The molecule has 0 heterocycles. The zero-order valence-electron chi connectivity index (χ0n) is 27.4. The SMILES string of the molecule is B=C1C(C(N)=O)=C(O)[C@@H](N(C)C)[C@@H]2C[C@@H]3Cc4c(c(O)cc(CN(CC)C[C@H]5CC6CC5C6(C)C)c4C(F)(F)F)C(=O)C3=C(O)[C@]12O. The van der Waals surface area contributed by atoms with Crippen LogP contribution < -0.4 is 5.73 Å². The van der Waals surface area contributed by atoms with Crippen LogP contribution in [0, 0.1) is 35.0 Å². The first kappa shape index (κ1) is 33.7. The zero-order valence-corrected chi connectivity index (χ0v) is 27.4. The molecule has 1 amide bonds. The van der Waals surface area contributed by atoms with Gasteiger partial charge in [-0.25, -0.2) is 0 Å². The molecule has 7 rings (SSSR count). The Labute approximate surface area is 273 Å². The molecule has 9 nitrogen and oxygen atoms in total. The number of Topliss-reactive ketones (excluding diaryl/α,β-unsaturated/α-hetero) is 1. The summed E-state index contributed by atoms with van der Waals surface area (Å²) in [7, 11) is 6.87. The van der Waals surface area contributed by atoms with Crippen molar-refractivity contribution >= 4 is 24.6 Å². The average molecular weight is 658 g/mol. The van der Waals surface area contributed by atoms with Gasteiger partial charge in [0.1, 0.15) is 0 Å². The molecule has 6 aliphatic carbocycles. The van der Waals surface area contributed by atoms with E-state index in [2.05, 4.69) is 21.3 Å². The molecule has 1 aromatic rings. The first-order valence-corrected chi connectivity index (χ1v) is 16.2. The van der Waals surface area contributed by atoms with E-state index in [0.717, 1.165) is 18.9 Å². The molecular formula is C34H43BF3N3O6. The number of carbonyl (C=O) groups is 2. The van der Waals surface area contributed by atoms with Crippen molar-refractivity contribution in [2.24, 2.45) is 40.7 Å². The third-order valence-corrected chi connectivity index (χ3v) is 12.3. The van der Waals surface area contributed by atoms with Crippen LogP contribution in [0.3, 0.4) is 0 Å². The molecule has 13 heteroatoms. The van der Waals surface area contributed by atoms with Gasteiger partial charge >= 0.3 is 216 Å². The molecule has 2 bridgehead atoms. The fourth-order valence-electron chi connectivity index (χ4n) is 9.90. The number of aliphatic hydroxyl groups excluding tert-OH is 2. The Balaban J connectivity index is 1.43. The van der Waals surface area contributed by atoms with Crippen molar-refractivity contribution < 1.29 is 43.2 Å². The van der Waals surface area contributed by atoms with E-state index in [0.29, 0.717) is 30.8 Å². The molecule has 0 spiro atoms. The molecular weight excluding hydrogens is 614 g/mol. The van der Waals surface area contributed by atoms with E-state index in [-0.39, 0.29) is 41.5 Å². The summed E-state index contributed by atoms with van der Waals surface area (Å²) in [5.41, 5.74) is 0.0428. The summed E-state index contributed by atoms with van der Waals surface area (Å²) < 4.78 is 45.1. The number of amides is 1. The van der Waals surface area contributed by atoms with E-state index in [9.17, 15) is 30.0 Å². The minimum absolute atomic E-state index is 0.0627. The normalized spacial score (nSPS) is 32.8. The van der Waals surface area contributed by atoms with Crippen molar-refractivity contribution in [3.05, 3.63) is 51.0 Å². The quantitative estimate of drug-likeness (QED) is 0.281. The fraction of sp³-hybridized carbons (Fsp3) is 0.618. The molecule has 6 aliphatic rings. The molecule has 1 aromatic carbocycles. The van der Waals surface area contributed by atoms with Gasteiger partial charge in [-0.05, 0) is 36.0 Å². The Morgan fingerprint density at radius 3 is 2.30 bits per heavy atom. The van der Waals surface area contributed by atoms with Gasteiger partial charge in [0.15, 0.2) is 0 Å². The maximum atomic E-state index is 15.0. The van der Waals surface area contributed by atoms with Crippen molar-refractivity contribution in [3.63, 3.8) is 0 Å². The molecule has 3 fully saturated rings.